The number of halogens is 12. The van der Waals surface area contributed by atoms with E-state index < -0.39 is 89.0 Å². The first-order valence-electron chi connectivity index (χ1n) is 12.1. The van der Waals surface area contributed by atoms with Gasteiger partial charge in [0.15, 0.2) is 12.0 Å². The van der Waals surface area contributed by atoms with Crippen molar-refractivity contribution in [3.8, 4) is 0 Å². The number of aryl methyl sites for hydroxylation is 1. The summed E-state index contributed by atoms with van der Waals surface area (Å²) in [6.45, 7) is 1.37. The number of carbonyl (C=O) groups is 1. The Balaban J connectivity index is 1.58. The van der Waals surface area contributed by atoms with Crippen molar-refractivity contribution in [1.29, 1.82) is 0 Å². The third-order valence-corrected chi connectivity index (χ3v) is 7.01. The molecule has 44 heavy (non-hydrogen) atoms. The van der Waals surface area contributed by atoms with Crippen LogP contribution in [0, 0.1) is 12.7 Å². The van der Waals surface area contributed by atoms with Gasteiger partial charge in [-0.1, -0.05) is 34.4 Å². The second-order valence-corrected chi connectivity index (χ2v) is 10.2. The number of anilines is 1. The largest absolute Gasteiger partial charge is 0.435 e. The molecule has 1 aromatic heterocycles. The van der Waals surface area contributed by atoms with Crippen LogP contribution < -0.4 is 5.32 Å². The number of nitrogens with zero attached hydrogens (tertiary/aromatic N) is 4. The van der Waals surface area contributed by atoms with Crippen molar-refractivity contribution in [2.24, 2.45) is 5.16 Å². The summed E-state index contributed by atoms with van der Waals surface area (Å²) in [4.78, 5) is 21.2. The summed E-state index contributed by atoms with van der Waals surface area (Å²) in [6.07, 6.45) is -20.6. The molecule has 1 N–H and O–H groups in total. The van der Waals surface area contributed by atoms with Crippen molar-refractivity contribution in [3.63, 3.8) is 0 Å². The van der Waals surface area contributed by atoms with E-state index in [1.165, 1.54) is 19.1 Å². The molecule has 0 spiro atoms. The normalized spacial score (nSPS) is 18.4. The molecule has 0 radical (unpaired) electrons. The third kappa shape index (κ3) is 6.43. The molecule has 2 aromatic carbocycles. The molecule has 238 valence electrons. The molecule has 3 aromatic rings. The first-order chi connectivity index (χ1) is 20.4. The molecule has 1 amide bonds. The van der Waals surface area contributed by atoms with E-state index in [0.717, 1.165) is 6.07 Å². The van der Waals surface area contributed by atoms with Gasteiger partial charge in [-0.3, -0.25) is 10.1 Å². The fraction of sp³-hybridized carbons (Fsp3) is 0.360. The van der Waals surface area contributed by atoms with Crippen molar-refractivity contribution in [2.45, 2.75) is 56.9 Å². The Morgan fingerprint density at radius 2 is 1.70 bits per heavy atom. The fourth-order valence-corrected chi connectivity index (χ4v) is 4.72. The van der Waals surface area contributed by atoms with E-state index in [1.807, 2.05) is 0 Å². The minimum atomic E-state index is -5.08. The highest BCUT2D eigenvalue weighted by molar-refractivity contribution is 6.35. The summed E-state index contributed by atoms with van der Waals surface area (Å²) >= 11 is 11.4. The first kappa shape index (κ1) is 33.3. The number of oxime groups is 1. The Morgan fingerprint density at radius 1 is 1.07 bits per heavy atom. The molecular weight excluding hydrogens is 663 g/mol. The van der Waals surface area contributed by atoms with E-state index in [4.69, 9.17) is 28.0 Å². The average Bonchev–Trinajstić information content (AvgIpc) is 3.56. The Morgan fingerprint density at radius 3 is 2.25 bits per heavy atom. The summed E-state index contributed by atoms with van der Waals surface area (Å²) in [6, 6.07) is 5.02. The van der Waals surface area contributed by atoms with Crippen molar-refractivity contribution in [2.75, 3.05) is 5.32 Å². The molecule has 2 heterocycles. The molecule has 0 saturated carbocycles. The van der Waals surface area contributed by atoms with Gasteiger partial charge in [-0.05, 0) is 42.3 Å². The van der Waals surface area contributed by atoms with Crippen LogP contribution in [-0.4, -0.2) is 51.6 Å². The van der Waals surface area contributed by atoms with E-state index in [-0.39, 0.29) is 27.1 Å². The maximum absolute atomic E-state index is 14.3. The van der Waals surface area contributed by atoms with Gasteiger partial charge in [0.25, 0.3) is 30.7 Å². The molecule has 0 aliphatic carbocycles. The zero-order valence-corrected chi connectivity index (χ0v) is 23.3. The van der Waals surface area contributed by atoms with Crippen LogP contribution in [-0.2, 0) is 16.9 Å². The van der Waals surface area contributed by atoms with Gasteiger partial charge in [0.2, 0.25) is 5.95 Å². The minimum Gasteiger partial charge on any atom is -0.374 e. The zero-order valence-electron chi connectivity index (χ0n) is 21.8. The summed E-state index contributed by atoms with van der Waals surface area (Å²) in [5, 5.41) is 7.58. The number of carbonyl (C=O) groups excluding carboxylic acids is 1. The maximum Gasteiger partial charge on any atom is 0.435 e. The van der Waals surface area contributed by atoms with E-state index >= 15 is 0 Å². The highest BCUT2D eigenvalue weighted by Gasteiger charge is 2.62. The highest BCUT2D eigenvalue weighted by atomic mass is 35.5. The lowest BCUT2D eigenvalue weighted by Crippen LogP contribution is -2.42. The summed E-state index contributed by atoms with van der Waals surface area (Å²) in [5.74, 6) is -3.88. The molecular formula is C25H17Cl2F10N5O2. The third-order valence-electron chi connectivity index (χ3n) is 6.46. The van der Waals surface area contributed by atoms with Crippen molar-refractivity contribution in [1.82, 2.24) is 14.8 Å². The molecule has 0 fully saturated rings. The molecule has 1 aliphatic heterocycles. The molecule has 0 saturated heterocycles. The smallest absolute Gasteiger partial charge is 0.374 e. The van der Waals surface area contributed by atoms with Crippen LogP contribution in [0.1, 0.15) is 45.6 Å². The number of nitrogens with one attached hydrogen (secondary N) is 1. The van der Waals surface area contributed by atoms with E-state index in [9.17, 15) is 48.7 Å². The number of benzene rings is 2. The number of hydrogen-bond acceptors (Lipinski definition) is 5. The van der Waals surface area contributed by atoms with Crippen molar-refractivity contribution >= 4 is 40.8 Å². The molecule has 19 heteroatoms. The number of alkyl halides is 9. The van der Waals surface area contributed by atoms with Crippen LogP contribution in [0.4, 0.5) is 49.9 Å². The lowest BCUT2D eigenvalue weighted by Gasteiger charge is -2.29. The second kappa shape index (κ2) is 12.4. The van der Waals surface area contributed by atoms with Gasteiger partial charge in [-0.2, -0.15) is 18.2 Å². The van der Waals surface area contributed by atoms with Crippen LogP contribution in [0.5, 0.6) is 0 Å². The Bertz CT molecular complexity index is 1580. The Kier molecular flexibility index (Phi) is 9.40. The lowest BCUT2D eigenvalue weighted by molar-refractivity contribution is -0.275. The quantitative estimate of drug-likeness (QED) is 0.185. The average molecular weight is 680 g/mol. The van der Waals surface area contributed by atoms with Gasteiger partial charge < -0.3 is 4.84 Å². The first-order valence-corrected chi connectivity index (χ1v) is 12.9. The van der Waals surface area contributed by atoms with Gasteiger partial charge in [-0.15, -0.1) is 5.10 Å². The molecule has 3 unspecified atom stereocenters. The van der Waals surface area contributed by atoms with Crippen LogP contribution >= 0.6 is 23.2 Å². The van der Waals surface area contributed by atoms with Crippen LogP contribution in [0.25, 0.3) is 0 Å². The molecule has 3 atom stereocenters. The number of rotatable bonds is 9. The van der Waals surface area contributed by atoms with Crippen LogP contribution in [0.3, 0.4) is 0 Å². The summed E-state index contributed by atoms with van der Waals surface area (Å²) < 4.78 is 135. The van der Waals surface area contributed by atoms with Gasteiger partial charge in [0, 0.05) is 24.0 Å². The minimum absolute atomic E-state index is 0.0763. The maximum atomic E-state index is 14.3. The fourth-order valence-electron chi connectivity index (χ4n) is 4.23. The summed E-state index contributed by atoms with van der Waals surface area (Å²) in [7, 11) is 0. The van der Waals surface area contributed by atoms with Gasteiger partial charge in [0.1, 0.15) is 5.82 Å². The molecule has 7 nitrogen and oxygen atoms in total. The monoisotopic (exact) mass is 679 g/mol. The number of aromatic nitrogens is 3. The number of amides is 1. The van der Waals surface area contributed by atoms with Gasteiger partial charge in [0.05, 0.1) is 15.8 Å². The highest BCUT2D eigenvalue weighted by Crippen LogP contribution is 2.50. The number of hydrogen-bond donors (Lipinski definition) is 1. The predicted octanol–water partition coefficient (Wildman–Crippen LogP) is 7.75. The predicted molar refractivity (Wildman–Crippen MR) is 136 cm³/mol. The SMILES string of the molecule is Cc1cc(C2=NOC(c3cc(Cl)c(F)c(Cl)c3)(C(F)(F)F)C2)ccc1C(=O)Nc1nc(CC(F)C(F)F)n(C(F)C(F)F)n1. The van der Waals surface area contributed by atoms with E-state index in [0.29, 0.717) is 12.1 Å². The van der Waals surface area contributed by atoms with Crippen molar-refractivity contribution < 1.29 is 53.5 Å². The van der Waals surface area contributed by atoms with E-state index in [1.54, 1.807) is 0 Å². The van der Waals surface area contributed by atoms with Crippen LogP contribution in [0.15, 0.2) is 35.5 Å². The Labute approximate surface area is 250 Å². The standard InChI is InChI=1S/C25H17Cl2F10N5O2/c1-9-4-10(16-8-24(44-41-16,25(35,36)37)11-5-13(26)18(29)14(27)6-11)2-3-12(9)22(43)39-23-38-17(7-15(28)19(30)31)42(40-23)21(34)20(32)33/h2-6,15,19-21H,7-8H2,1H3,(H,39,40,43). The second-order valence-electron chi connectivity index (χ2n) is 9.43. The molecule has 1 aliphatic rings. The summed E-state index contributed by atoms with van der Waals surface area (Å²) in [5.41, 5.74) is -3.85. The topological polar surface area (TPSA) is 81.4 Å². The lowest BCUT2D eigenvalue weighted by atomic mass is 9.86. The molecule has 4 rings (SSSR count). The molecule has 0 bridgehead atoms. The van der Waals surface area contributed by atoms with Crippen LogP contribution in [0.2, 0.25) is 10.0 Å². The van der Waals surface area contributed by atoms with Gasteiger partial charge >= 0.3 is 6.18 Å². The zero-order chi connectivity index (χ0) is 32.7. The van der Waals surface area contributed by atoms with Crippen molar-refractivity contribution in [3.05, 3.63) is 74.3 Å². The Hall–Kier alpha value is -3.60. The van der Waals surface area contributed by atoms with Gasteiger partial charge in [-0.25, -0.2) is 35.4 Å². The van der Waals surface area contributed by atoms with E-state index in [2.05, 4.69) is 20.6 Å².